The van der Waals surface area contributed by atoms with Gasteiger partial charge in [0.2, 0.25) is 5.91 Å². The van der Waals surface area contributed by atoms with E-state index in [1.165, 1.54) is 34.6 Å². The van der Waals surface area contributed by atoms with Crippen molar-refractivity contribution in [3.63, 3.8) is 0 Å². The highest BCUT2D eigenvalue weighted by atomic mass is 16.6. The Kier molecular flexibility index (Phi) is 25.5. The summed E-state index contributed by atoms with van der Waals surface area (Å²) in [4.78, 5) is 125. The molecule has 69 heavy (non-hydrogen) atoms. The van der Waals surface area contributed by atoms with Crippen molar-refractivity contribution >= 4 is 59.6 Å². The van der Waals surface area contributed by atoms with Crippen LogP contribution in [0.1, 0.15) is 113 Å². The summed E-state index contributed by atoms with van der Waals surface area (Å²) in [5.41, 5.74) is 0.944. The SMILES string of the molecule is CCNC(=O)CCC/C=C\C[C@@H]1[C@@H](/C=C/[C@H](CCc2ccccc2)OC(=O)[C@H](C)OC(C)=O)[C@H](OC(=O)[C@H](C)OC(C)=O)C[C@@H]1OC(=O)[C@H](C)OC(=O)[C@H](C)OC(=O)[C@H](C)OC(=O)[C@H](C)OC(C)=O. The number of hydrogen-bond donors (Lipinski definition) is 1. The number of rotatable bonds is 27. The maximum atomic E-state index is 13.7. The summed E-state index contributed by atoms with van der Waals surface area (Å²) in [6.07, 6.45) is -2.21. The normalized spacial score (nSPS) is 19.6. The van der Waals surface area contributed by atoms with Crippen LogP contribution in [0.15, 0.2) is 54.6 Å². The molecular weight excluding hydrogens is 907 g/mol. The summed E-state index contributed by atoms with van der Waals surface area (Å²) < 4.78 is 48.0. The number of amides is 1. The molecule has 1 saturated carbocycles. The fourth-order valence-corrected chi connectivity index (χ4v) is 6.94. The van der Waals surface area contributed by atoms with E-state index >= 15 is 0 Å². The number of esters is 9. The number of benzene rings is 1. The molecule has 1 fully saturated rings. The second-order valence-corrected chi connectivity index (χ2v) is 16.4. The molecule has 1 aromatic rings. The molecule has 382 valence electrons. The fraction of sp³-hybridized carbons (Fsp3) is 0.592. The molecule has 1 aliphatic rings. The molecule has 0 saturated heterocycles. The minimum atomic E-state index is -1.59. The van der Waals surface area contributed by atoms with Crippen LogP contribution in [-0.4, -0.2) is 121 Å². The summed E-state index contributed by atoms with van der Waals surface area (Å²) in [5.74, 6) is -9.69. The largest absolute Gasteiger partial charge is 0.459 e. The zero-order valence-electron chi connectivity index (χ0n) is 41.0. The number of hydrogen-bond acceptors (Lipinski definition) is 19. The molecule has 1 amide bonds. The molecule has 2 rings (SSSR count). The molecule has 0 heterocycles. The molecule has 1 N–H and O–H groups in total. The van der Waals surface area contributed by atoms with E-state index in [0.29, 0.717) is 32.2 Å². The summed E-state index contributed by atoms with van der Waals surface area (Å²) in [7, 11) is 0. The van der Waals surface area contributed by atoms with Gasteiger partial charge in [-0.05, 0) is 92.2 Å². The van der Waals surface area contributed by atoms with Gasteiger partial charge in [-0.2, -0.15) is 0 Å². The second kappa shape index (κ2) is 30.0. The van der Waals surface area contributed by atoms with Crippen molar-refractivity contribution in [3.8, 4) is 0 Å². The minimum absolute atomic E-state index is 0.0890. The van der Waals surface area contributed by atoms with Crippen LogP contribution in [0.3, 0.4) is 0 Å². The summed E-state index contributed by atoms with van der Waals surface area (Å²) in [6, 6.07) is 9.39. The van der Waals surface area contributed by atoms with Gasteiger partial charge in [0, 0.05) is 52.0 Å². The van der Waals surface area contributed by atoms with Crippen LogP contribution < -0.4 is 5.32 Å². The van der Waals surface area contributed by atoms with E-state index < -0.39 is 120 Å². The van der Waals surface area contributed by atoms with Crippen LogP contribution in [0.4, 0.5) is 0 Å². The number of nitrogens with one attached hydrogen (secondary N) is 1. The van der Waals surface area contributed by atoms with E-state index in [1.807, 2.05) is 49.4 Å². The standard InChI is InChI=1S/C49H67NO19/c1-11-50-43(54)22-18-13-12-17-21-39-40(26-25-38(24-23-37-19-15-14-16-20-37)67-47(58)29(3)62-35(9)52)42(69-48(59)30(4)63-36(10)53)27-41(39)68-49(60)33(7)66-46(57)32(6)65-45(56)31(5)64-44(55)28(2)61-34(8)51/h12,14-17,19-20,25-26,28-33,38-42H,11,13,18,21-24,27H2,1-10H3,(H,50,54)/b17-12-,26-25+/t28-,29-,30-,31-,32-,33-,38-,39+,40+,41-,42+/m0/s1. The quantitative estimate of drug-likeness (QED) is 0.0552. The van der Waals surface area contributed by atoms with Crippen molar-refractivity contribution in [3.05, 3.63) is 60.2 Å². The first-order chi connectivity index (χ1) is 32.5. The Morgan fingerprint density at radius 2 is 1.04 bits per heavy atom. The molecule has 0 spiro atoms. The van der Waals surface area contributed by atoms with Gasteiger partial charge in [-0.1, -0.05) is 48.6 Å². The predicted octanol–water partition coefficient (Wildman–Crippen LogP) is 4.45. The van der Waals surface area contributed by atoms with Crippen molar-refractivity contribution in [2.75, 3.05) is 6.54 Å². The number of aryl methyl sites for hydroxylation is 1. The molecule has 0 bridgehead atoms. The van der Waals surface area contributed by atoms with Gasteiger partial charge < -0.3 is 47.9 Å². The molecule has 20 heteroatoms. The molecule has 20 nitrogen and oxygen atoms in total. The monoisotopic (exact) mass is 973 g/mol. The van der Waals surface area contributed by atoms with Gasteiger partial charge in [0.05, 0.1) is 0 Å². The Hall–Kier alpha value is -6.60. The van der Waals surface area contributed by atoms with Crippen molar-refractivity contribution in [2.24, 2.45) is 11.8 Å². The minimum Gasteiger partial charge on any atom is -0.459 e. The lowest BCUT2D eigenvalue weighted by molar-refractivity contribution is -0.185. The Bertz CT molecular complexity index is 1980. The van der Waals surface area contributed by atoms with Gasteiger partial charge in [-0.25, -0.2) is 28.8 Å². The topological polar surface area (TPSA) is 266 Å². The van der Waals surface area contributed by atoms with Gasteiger partial charge >= 0.3 is 53.7 Å². The van der Waals surface area contributed by atoms with E-state index in [4.69, 9.17) is 42.6 Å². The van der Waals surface area contributed by atoms with Crippen molar-refractivity contribution in [2.45, 2.75) is 169 Å². The summed E-state index contributed by atoms with van der Waals surface area (Å²) in [6.45, 7) is 13.2. The average Bonchev–Trinajstić information content (AvgIpc) is 3.58. The highest BCUT2D eigenvalue weighted by Crippen LogP contribution is 2.41. The molecule has 0 radical (unpaired) electrons. The van der Waals surface area contributed by atoms with E-state index in [0.717, 1.165) is 33.3 Å². The lowest BCUT2D eigenvalue weighted by Crippen LogP contribution is -2.38. The average molecular weight is 974 g/mol. The Morgan fingerprint density at radius 1 is 0.594 bits per heavy atom. The highest BCUT2D eigenvalue weighted by Gasteiger charge is 2.47. The van der Waals surface area contributed by atoms with Gasteiger partial charge in [-0.3, -0.25) is 19.2 Å². The fourth-order valence-electron chi connectivity index (χ4n) is 6.94. The Morgan fingerprint density at radius 3 is 1.54 bits per heavy atom. The van der Waals surface area contributed by atoms with E-state index in [1.54, 1.807) is 12.2 Å². The maximum Gasteiger partial charge on any atom is 0.347 e. The van der Waals surface area contributed by atoms with E-state index in [2.05, 4.69) is 5.32 Å². The third kappa shape index (κ3) is 21.9. The van der Waals surface area contributed by atoms with Crippen LogP contribution in [-0.2, 0) is 97.0 Å². The van der Waals surface area contributed by atoms with Crippen LogP contribution in [0.5, 0.6) is 0 Å². The molecule has 11 atom stereocenters. The molecular formula is C49H67NO19. The predicted molar refractivity (Wildman–Crippen MR) is 242 cm³/mol. The molecule has 0 aromatic heterocycles. The van der Waals surface area contributed by atoms with Gasteiger partial charge in [0.1, 0.15) is 18.3 Å². The van der Waals surface area contributed by atoms with E-state index in [-0.39, 0.29) is 25.2 Å². The van der Waals surface area contributed by atoms with Crippen LogP contribution in [0.2, 0.25) is 0 Å². The van der Waals surface area contributed by atoms with Crippen molar-refractivity contribution in [1.82, 2.24) is 5.32 Å². The first-order valence-corrected chi connectivity index (χ1v) is 22.9. The molecule has 0 unspecified atom stereocenters. The summed E-state index contributed by atoms with van der Waals surface area (Å²) >= 11 is 0. The maximum absolute atomic E-state index is 13.7. The Labute approximate surface area is 402 Å². The van der Waals surface area contributed by atoms with Crippen molar-refractivity contribution < 1.29 is 90.6 Å². The molecule has 0 aliphatic heterocycles. The number of carbonyl (C=O) groups excluding carboxylic acids is 10. The number of allylic oxidation sites excluding steroid dienone is 2. The van der Waals surface area contributed by atoms with Crippen LogP contribution >= 0.6 is 0 Å². The third-order valence-corrected chi connectivity index (χ3v) is 10.4. The lowest BCUT2D eigenvalue weighted by atomic mass is 9.89. The first kappa shape index (κ1) is 58.5. The Balaban J connectivity index is 2.46. The molecule has 1 aliphatic carbocycles. The first-order valence-electron chi connectivity index (χ1n) is 22.9. The van der Waals surface area contributed by atoms with E-state index in [9.17, 15) is 47.9 Å². The second-order valence-electron chi connectivity index (χ2n) is 16.4. The van der Waals surface area contributed by atoms with Crippen LogP contribution in [0, 0.1) is 11.8 Å². The number of unbranched alkanes of at least 4 members (excludes halogenated alkanes) is 1. The number of carbonyl (C=O) groups is 10. The number of ether oxygens (including phenoxy) is 9. The molecule has 1 aromatic carbocycles. The van der Waals surface area contributed by atoms with Gasteiger partial charge in [-0.15, -0.1) is 0 Å². The van der Waals surface area contributed by atoms with Crippen LogP contribution in [0.25, 0.3) is 0 Å². The lowest BCUT2D eigenvalue weighted by Gasteiger charge is -2.25. The van der Waals surface area contributed by atoms with Gasteiger partial charge in [0.25, 0.3) is 0 Å². The third-order valence-electron chi connectivity index (χ3n) is 10.4. The van der Waals surface area contributed by atoms with Crippen molar-refractivity contribution in [1.29, 1.82) is 0 Å². The smallest absolute Gasteiger partial charge is 0.347 e. The summed E-state index contributed by atoms with van der Waals surface area (Å²) in [5, 5.41) is 2.75. The zero-order chi connectivity index (χ0) is 51.8. The highest BCUT2D eigenvalue weighted by molar-refractivity contribution is 5.86. The zero-order valence-corrected chi connectivity index (χ0v) is 41.0. The van der Waals surface area contributed by atoms with Gasteiger partial charge in [0.15, 0.2) is 36.6 Å².